The Morgan fingerprint density at radius 3 is 2.82 bits per heavy atom. The molecular weight excluding hydrogens is 238 g/mol. The molecule has 94 valence electrons. The molecule has 1 heterocycles. The van der Waals surface area contributed by atoms with Gasteiger partial charge in [-0.2, -0.15) is 11.8 Å². The molecule has 2 rings (SSSR count). The Hall–Kier alpha value is -0.940. The third-order valence-corrected chi connectivity index (χ3v) is 4.60. The van der Waals surface area contributed by atoms with Crippen molar-refractivity contribution in [3.05, 3.63) is 23.2 Å². The summed E-state index contributed by atoms with van der Waals surface area (Å²) in [4.78, 5) is 10.8. The van der Waals surface area contributed by atoms with Crippen LogP contribution in [0.3, 0.4) is 0 Å². The van der Waals surface area contributed by atoms with E-state index in [4.69, 9.17) is 9.52 Å². The summed E-state index contributed by atoms with van der Waals surface area (Å²) < 4.78 is 5.81. The smallest absolute Gasteiger partial charge is 0.339 e. The van der Waals surface area contributed by atoms with Crippen molar-refractivity contribution in [3.63, 3.8) is 0 Å². The van der Waals surface area contributed by atoms with E-state index in [1.807, 2.05) is 11.8 Å². The van der Waals surface area contributed by atoms with Crippen LogP contribution in [0, 0.1) is 6.92 Å². The van der Waals surface area contributed by atoms with Crippen LogP contribution >= 0.6 is 11.8 Å². The van der Waals surface area contributed by atoms with Crippen molar-refractivity contribution in [2.45, 2.75) is 31.1 Å². The van der Waals surface area contributed by atoms with Gasteiger partial charge >= 0.3 is 5.97 Å². The number of furan rings is 1. The molecule has 0 saturated heterocycles. The van der Waals surface area contributed by atoms with Crippen LogP contribution in [0.4, 0.5) is 0 Å². The Morgan fingerprint density at radius 1 is 1.65 bits per heavy atom. The van der Waals surface area contributed by atoms with Gasteiger partial charge in [0, 0.05) is 11.3 Å². The molecule has 2 N–H and O–H groups in total. The molecule has 17 heavy (non-hydrogen) atoms. The zero-order valence-electron chi connectivity index (χ0n) is 10.1. The Morgan fingerprint density at radius 2 is 2.35 bits per heavy atom. The molecule has 1 aromatic heterocycles. The van der Waals surface area contributed by atoms with Gasteiger partial charge in [0.1, 0.15) is 17.1 Å². The number of carbonyl (C=O) groups is 1. The number of hydrogen-bond acceptors (Lipinski definition) is 4. The maximum Gasteiger partial charge on any atom is 0.339 e. The highest BCUT2D eigenvalue weighted by Crippen LogP contribution is 2.46. The minimum atomic E-state index is -0.930. The number of carboxylic acids is 1. The molecule has 1 fully saturated rings. The average Bonchev–Trinajstić information content (AvgIpc) is 2.96. The lowest BCUT2D eigenvalue weighted by molar-refractivity contribution is 0.0695. The molecule has 0 amide bonds. The zero-order chi connectivity index (χ0) is 12.5. The molecule has 0 radical (unpaired) electrons. The maximum atomic E-state index is 10.8. The Kier molecular flexibility index (Phi) is 3.49. The van der Waals surface area contributed by atoms with E-state index in [9.17, 15) is 4.79 Å². The number of aromatic carboxylic acids is 1. The largest absolute Gasteiger partial charge is 0.478 e. The molecule has 1 aromatic rings. The van der Waals surface area contributed by atoms with Crippen LogP contribution in [0.5, 0.6) is 0 Å². The first-order valence-corrected chi connectivity index (χ1v) is 6.87. The van der Waals surface area contributed by atoms with E-state index in [2.05, 4.69) is 11.6 Å². The van der Waals surface area contributed by atoms with Crippen LogP contribution in [0.1, 0.15) is 34.7 Å². The molecule has 1 aliphatic rings. The predicted molar refractivity (Wildman–Crippen MR) is 67.6 cm³/mol. The van der Waals surface area contributed by atoms with Gasteiger partial charge in [0.05, 0.1) is 6.54 Å². The molecule has 0 aromatic carbocycles. The molecule has 1 aliphatic carbocycles. The zero-order valence-corrected chi connectivity index (χ0v) is 10.9. The van der Waals surface area contributed by atoms with Crippen LogP contribution in [0.25, 0.3) is 0 Å². The van der Waals surface area contributed by atoms with Crippen molar-refractivity contribution >= 4 is 17.7 Å². The summed E-state index contributed by atoms with van der Waals surface area (Å²) in [5.74, 6) is 0.234. The number of aryl methyl sites for hydroxylation is 1. The van der Waals surface area contributed by atoms with Crippen molar-refractivity contribution < 1.29 is 14.3 Å². The van der Waals surface area contributed by atoms with E-state index in [1.54, 1.807) is 13.0 Å². The molecule has 0 spiro atoms. The van der Waals surface area contributed by atoms with Crippen molar-refractivity contribution in [2.75, 3.05) is 12.8 Å². The SMILES string of the molecule is CSC1(CNCc2cc(C(=O)O)c(C)o2)CC1. The average molecular weight is 255 g/mol. The first-order chi connectivity index (χ1) is 8.06. The third-order valence-electron chi connectivity index (χ3n) is 3.19. The molecule has 1 saturated carbocycles. The molecule has 0 aliphatic heterocycles. The summed E-state index contributed by atoms with van der Waals surface area (Å²) in [7, 11) is 0. The van der Waals surface area contributed by atoms with Crippen LogP contribution < -0.4 is 5.32 Å². The fraction of sp³-hybridized carbons (Fsp3) is 0.583. The van der Waals surface area contributed by atoms with Gasteiger partial charge in [-0.05, 0) is 32.1 Å². The van der Waals surface area contributed by atoms with Gasteiger partial charge in [-0.3, -0.25) is 0 Å². The fourth-order valence-corrected chi connectivity index (χ4v) is 2.61. The quantitative estimate of drug-likeness (QED) is 0.816. The lowest BCUT2D eigenvalue weighted by atomic mass is 10.2. The summed E-state index contributed by atoms with van der Waals surface area (Å²) >= 11 is 1.90. The van der Waals surface area contributed by atoms with E-state index in [1.165, 1.54) is 12.8 Å². The van der Waals surface area contributed by atoms with Gasteiger partial charge in [-0.25, -0.2) is 4.79 Å². The minimum absolute atomic E-state index is 0.257. The third kappa shape index (κ3) is 2.84. The molecule has 0 unspecified atom stereocenters. The first-order valence-electron chi connectivity index (χ1n) is 5.65. The lowest BCUT2D eigenvalue weighted by Gasteiger charge is -2.11. The standard InChI is InChI=1S/C12H17NO3S/c1-8-10(11(14)15)5-9(16-8)6-13-7-12(17-2)3-4-12/h5,13H,3-4,6-7H2,1-2H3,(H,14,15). The van der Waals surface area contributed by atoms with Gasteiger partial charge in [-0.15, -0.1) is 0 Å². The Bertz CT molecular complexity index is 423. The van der Waals surface area contributed by atoms with Crippen LogP contribution in [0.15, 0.2) is 10.5 Å². The second kappa shape index (κ2) is 4.74. The van der Waals surface area contributed by atoms with Crippen molar-refractivity contribution in [1.82, 2.24) is 5.32 Å². The highest BCUT2D eigenvalue weighted by atomic mass is 32.2. The fourth-order valence-electron chi connectivity index (χ4n) is 1.85. The van der Waals surface area contributed by atoms with Gasteiger partial charge in [0.25, 0.3) is 0 Å². The lowest BCUT2D eigenvalue weighted by Crippen LogP contribution is -2.25. The number of hydrogen-bond donors (Lipinski definition) is 2. The maximum absolute atomic E-state index is 10.8. The highest BCUT2D eigenvalue weighted by molar-refractivity contribution is 8.00. The van der Waals surface area contributed by atoms with Gasteiger partial charge in [0.15, 0.2) is 0 Å². The number of thioether (sulfide) groups is 1. The summed E-state index contributed by atoms with van der Waals surface area (Å²) in [5.41, 5.74) is 0.257. The van der Waals surface area contributed by atoms with Gasteiger partial charge in [-0.1, -0.05) is 0 Å². The normalized spacial score (nSPS) is 17.1. The molecule has 0 atom stereocenters. The van der Waals surface area contributed by atoms with E-state index >= 15 is 0 Å². The summed E-state index contributed by atoms with van der Waals surface area (Å²) in [6.07, 6.45) is 4.66. The van der Waals surface area contributed by atoms with E-state index in [0.29, 0.717) is 22.8 Å². The number of rotatable bonds is 6. The summed E-state index contributed by atoms with van der Waals surface area (Å²) in [5, 5.41) is 12.2. The number of nitrogens with one attached hydrogen (secondary N) is 1. The minimum Gasteiger partial charge on any atom is -0.478 e. The van der Waals surface area contributed by atoms with Crippen LogP contribution in [-0.4, -0.2) is 28.6 Å². The molecule has 4 nitrogen and oxygen atoms in total. The van der Waals surface area contributed by atoms with Crippen LogP contribution in [-0.2, 0) is 6.54 Å². The van der Waals surface area contributed by atoms with Crippen molar-refractivity contribution in [1.29, 1.82) is 0 Å². The monoisotopic (exact) mass is 255 g/mol. The summed E-state index contributed by atoms with van der Waals surface area (Å²) in [6, 6.07) is 1.60. The first kappa shape index (κ1) is 12.5. The second-order valence-corrected chi connectivity index (χ2v) is 5.75. The van der Waals surface area contributed by atoms with Crippen LogP contribution in [0.2, 0.25) is 0 Å². The topological polar surface area (TPSA) is 62.5 Å². The van der Waals surface area contributed by atoms with Gasteiger partial charge < -0.3 is 14.8 Å². The highest BCUT2D eigenvalue weighted by Gasteiger charge is 2.41. The van der Waals surface area contributed by atoms with E-state index in [0.717, 1.165) is 6.54 Å². The number of carboxylic acid groups (broad SMARTS) is 1. The summed E-state index contributed by atoms with van der Waals surface area (Å²) in [6.45, 7) is 3.23. The molecular formula is C12H17NO3S. The Balaban J connectivity index is 1.87. The van der Waals surface area contributed by atoms with Crippen molar-refractivity contribution in [2.24, 2.45) is 0 Å². The molecule has 0 bridgehead atoms. The van der Waals surface area contributed by atoms with E-state index < -0.39 is 5.97 Å². The molecule has 5 heteroatoms. The Labute approximate surface area is 105 Å². The van der Waals surface area contributed by atoms with Gasteiger partial charge in [0.2, 0.25) is 0 Å². The predicted octanol–water partition coefficient (Wildman–Crippen LogP) is 2.27. The second-order valence-electron chi connectivity index (χ2n) is 4.48. The van der Waals surface area contributed by atoms with Crippen molar-refractivity contribution in [3.8, 4) is 0 Å². The van der Waals surface area contributed by atoms with E-state index in [-0.39, 0.29) is 5.56 Å².